The van der Waals surface area contributed by atoms with Gasteiger partial charge in [0.25, 0.3) is 0 Å². The second kappa shape index (κ2) is 7.15. The highest BCUT2D eigenvalue weighted by Crippen LogP contribution is 1.86. The molecule has 0 rings (SSSR count). The number of nitriles is 1. The van der Waals surface area contributed by atoms with Crippen molar-refractivity contribution in [3.05, 3.63) is 0 Å². The molecule has 0 spiro atoms. The molecule has 0 aromatic heterocycles. The summed E-state index contributed by atoms with van der Waals surface area (Å²) in [7, 11) is 1.66. The lowest BCUT2D eigenvalue weighted by molar-refractivity contribution is -0.128. The lowest BCUT2D eigenvalue weighted by Crippen LogP contribution is -2.36. The third-order valence-electron chi connectivity index (χ3n) is 1.49. The first kappa shape index (κ1) is 11.5. The molecule has 0 aromatic carbocycles. The Bertz CT molecular complexity index is 236. The summed E-state index contributed by atoms with van der Waals surface area (Å²) in [6, 6.07) is 1.97. The summed E-state index contributed by atoms with van der Waals surface area (Å²) >= 11 is 0. The predicted molar refractivity (Wildman–Crippen MR) is 49.6 cm³/mol. The van der Waals surface area contributed by atoms with Crippen molar-refractivity contribution in [1.82, 2.24) is 10.2 Å². The zero-order valence-corrected chi connectivity index (χ0v) is 7.71. The number of hydrogen-bond acceptors (Lipinski definition) is 3. The Labute approximate surface area is 78.5 Å². The van der Waals surface area contributed by atoms with Crippen LogP contribution in [0.2, 0.25) is 0 Å². The van der Waals surface area contributed by atoms with Gasteiger partial charge < -0.3 is 4.90 Å². The van der Waals surface area contributed by atoms with E-state index in [2.05, 4.69) is 11.2 Å². The summed E-state index contributed by atoms with van der Waals surface area (Å²) in [4.78, 5) is 12.7. The van der Waals surface area contributed by atoms with Crippen LogP contribution in [-0.4, -0.2) is 37.5 Å². The van der Waals surface area contributed by atoms with E-state index in [9.17, 15) is 4.79 Å². The van der Waals surface area contributed by atoms with Gasteiger partial charge in [-0.25, -0.2) is 0 Å². The molecule has 0 saturated carbocycles. The second-order valence-corrected chi connectivity index (χ2v) is 2.53. The van der Waals surface area contributed by atoms with Crippen molar-refractivity contribution < 1.29 is 4.79 Å². The average molecular weight is 179 g/mol. The largest absolute Gasteiger partial charge is 0.344 e. The van der Waals surface area contributed by atoms with Gasteiger partial charge >= 0.3 is 0 Å². The summed E-state index contributed by atoms with van der Waals surface area (Å²) in [6.45, 7) is 1.08. The zero-order valence-electron chi connectivity index (χ0n) is 7.71. The van der Waals surface area contributed by atoms with Gasteiger partial charge in [0.1, 0.15) is 0 Å². The molecule has 70 valence electrons. The van der Waals surface area contributed by atoms with E-state index in [1.54, 1.807) is 7.05 Å². The quantitative estimate of drug-likeness (QED) is 0.460. The molecular weight excluding hydrogens is 166 g/mol. The molecule has 0 heterocycles. The lowest BCUT2D eigenvalue weighted by atomic mass is 10.4. The highest BCUT2D eigenvalue weighted by atomic mass is 16.2. The van der Waals surface area contributed by atoms with Gasteiger partial charge in [-0.2, -0.15) is 5.26 Å². The van der Waals surface area contributed by atoms with E-state index in [0.29, 0.717) is 19.5 Å². The molecule has 0 bridgehead atoms. The maximum absolute atomic E-state index is 11.2. The SMILES string of the molecule is C#CCNCC(=O)N(C)CCC#N. The molecular formula is C9H13N3O. The van der Waals surface area contributed by atoms with E-state index >= 15 is 0 Å². The number of nitrogens with zero attached hydrogens (tertiary/aromatic N) is 2. The first-order valence-corrected chi connectivity index (χ1v) is 3.97. The Hall–Kier alpha value is -1.52. The minimum absolute atomic E-state index is 0.0505. The Morgan fingerprint density at radius 3 is 2.92 bits per heavy atom. The topological polar surface area (TPSA) is 56.1 Å². The highest BCUT2D eigenvalue weighted by Gasteiger charge is 2.05. The zero-order chi connectivity index (χ0) is 10.1. The summed E-state index contributed by atoms with van der Waals surface area (Å²) < 4.78 is 0. The molecule has 0 aliphatic heterocycles. The summed E-state index contributed by atoms with van der Waals surface area (Å²) in [6.07, 6.45) is 5.35. The van der Waals surface area contributed by atoms with Gasteiger partial charge in [-0.05, 0) is 0 Å². The molecule has 0 atom stereocenters. The van der Waals surface area contributed by atoms with Crippen LogP contribution in [0.25, 0.3) is 0 Å². The van der Waals surface area contributed by atoms with E-state index in [1.807, 2.05) is 6.07 Å². The molecule has 0 aliphatic rings. The first-order valence-electron chi connectivity index (χ1n) is 3.97. The standard InChI is InChI=1S/C9H13N3O/c1-3-6-11-8-9(13)12(2)7-4-5-10/h1,11H,4,6-8H2,2H3. The Balaban J connectivity index is 3.59. The summed E-state index contributed by atoms with van der Waals surface area (Å²) in [5.74, 6) is 2.32. The second-order valence-electron chi connectivity index (χ2n) is 2.53. The number of nitrogens with one attached hydrogen (secondary N) is 1. The van der Waals surface area contributed by atoms with Gasteiger partial charge in [0.15, 0.2) is 0 Å². The minimum Gasteiger partial charge on any atom is -0.344 e. The molecule has 0 aliphatic carbocycles. The van der Waals surface area contributed by atoms with Crippen LogP contribution < -0.4 is 5.32 Å². The van der Waals surface area contributed by atoms with Gasteiger partial charge in [-0.3, -0.25) is 10.1 Å². The van der Waals surface area contributed by atoms with Crippen LogP contribution in [0.4, 0.5) is 0 Å². The molecule has 0 fully saturated rings. The third kappa shape index (κ3) is 5.72. The molecule has 13 heavy (non-hydrogen) atoms. The van der Waals surface area contributed by atoms with Crippen molar-refractivity contribution in [1.29, 1.82) is 5.26 Å². The minimum atomic E-state index is -0.0505. The van der Waals surface area contributed by atoms with Crippen LogP contribution in [0.15, 0.2) is 0 Å². The van der Waals surface area contributed by atoms with E-state index in [-0.39, 0.29) is 12.5 Å². The van der Waals surface area contributed by atoms with Crippen LogP contribution in [0.3, 0.4) is 0 Å². The van der Waals surface area contributed by atoms with Gasteiger partial charge in [0.2, 0.25) is 5.91 Å². The van der Waals surface area contributed by atoms with Gasteiger partial charge in [0.05, 0.1) is 25.6 Å². The Morgan fingerprint density at radius 2 is 2.38 bits per heavy atom. The smallest absolute Gasteiger partial charge is 0.236 e. The van der Waals surface area contributed by atoms with Crippen LogP contribution in [0, 0.1) is 23.7 Å². The maximum atomic E-state index is 11.2. The molecule has 1 amide bonds. The molecule has 0 aromatic rings. The molecule has 1 N–H and O–H groups in total. The fourth-order valence-electron chi connectivity index (χ4n) is 0.719. The fraction of sp³-hybridized carbons (Fsp3) is 0.556. The van der Waals surface area contributed by atoms with Gasteiger partial charge in [-0.15, -0.1) is 6.42 Å². The number of carbonyl (C=O) groups is 1. The number of amides is 1. The van der Waals surface area contributed by atoms with Crippen molar-refractivity contribution in [3.63, 3.8) is 0 Å². The van der Waals surface area contributed by atoms with Gasteiger partial charge in [-0.1, -0.05) is 5.92 Å². The summed E-state index contributed by atoms with van der Waals surface area (Å²) in [5.41, 5.74) is 0. The number of carbonyl (C=O) groups excluding carboxylic acids is 1. The van der Waals surface area contributed by atoms with Crippen LogP contribution in [0.5, 0.6) is 0 Å². The average Bonchev–Trinajstić information content (AvgIpc) is 2.14. The van der Waals surface area contributed by atoms with Crippen LogP contribution >= 0.6 is 0 Å². The summed E-state index contributed by atoms with van der Waals surface area (Å²) in [5, 5.41) is 11.1. The lowest BCUT2D eigenvalue weighted by Gasteiger charge is -2.14. The molecule has 4 nitrogen and oxygen atoms in total. The van der Waals surface area contributed by atoms with E-state index < -0.39 is 0 Å². The Morgan fingerprint density at radius 1 is 1.69 bits per heavy atom. The third-order valence-corrected chi connectivity index (χ3v) is 1.49. The van der Waals surface area contributed by atoms with Crippen molar-refractivity contribution in [3.8, 4) is 18.4 Å². The van der Waals surface area contributed by atoms with E-state index in [4.69, 9.17) is 11.7 Å². The number of likely N-dealkylation sites (N-methyl/N-ethyl adjacent to an activating group) is 1. The maximum Gasteiger partial charge on any atom is 0.236 e. The van der Waals surface area contributed by atoms with Crippen LogP contribution in [0.1, 0.15) is 6.42 Å². The monoisotopic (exact) mass is 179 g/mol. The van der Waals surface area contributed by atoms with Crippen molar-refractivity contribution >= 4 is 5.91 Å². The number of terminal acetylenes is 1. The highest BCUT2D eigenvalue weighted by molar-refractivity contribution is 5.77. The van der Waals surface area contributed by atoms with Crippen molar-refractivity contribution in [2.24, 2.45) is 0 Å². The normalized spacial score (nSPS) is 8.54. The first-order chi connectivity index (χ1) is 6.22. The molecule has 4 heteroatoms. The van der Waals surface area contributed by atoms with Crippen LogP contribution in [-0.2, 0) is 4.79 Å². The van der Waals surface area contributed by atoms with E-state index in [0.717, 1.165) is 0 Å². The van der Waals surface area contributed by atoms with Gasteiger partial charge in [0, 0.05) is 13.6 Å². The van der Waals surface area contributed by atoms with E-state index in [1.165, 1.54) is 4.90 Å². The number of rotatable bonds is 5. The fourth-order valence-corrected chi connectivity index (χ4v) is 0.719. The Kier molecular flexibility index (Phi) is 6.31. The van der Waals surface area contributed by atoms with Crippen molar-refractivity contribution in [2.75, 3.05) is 26.7 Å². The van der Waals surface area contributed by atoms with Crippen molar-refractivity contribution in [2.45, 2.75) is 6.42 Å². The molecule has 0 unspecified atom stereocenters. The number of hydrogen-bond donors (Lipinski definition) is 1. The molecule has 0 radical (unpaired) electrons. The predicted octanol–water partition coefficient (Wildman–Crippen LogP) is -0.419. The molecule has 0 saturated heterocycles.